The summed E-state index contributed by atoms with van der Waals surface area (Å²) in [6, 6.07) is 6.83. The Bertz CT molecular complexity index is 451. The molecule has 0 radical (unpaired) electrons. The number of likely N-dealkylation sites (tertiary alicyclic amines) is 1. The topological polar surface area (TPSA) is 27.3 Å². The lowest BCUT2D eigenvalue weighted by Gasteiger charge is -2.30. The first-order chi connectivity index (χ1) is 9.04. The molecule has 1 aliphatic rings. The number of benzene rings is 1. The predicted molar refractivity (Wildman–Crippen MR) is 85.8 cm³/mol. The van der Waals surface area contributed by atoms with Crippen molar-refractivity contribution in [1.29, 1.82) is 0 Å². The van der Waals surface area contributed by atoms with E-state index in [1.807, 2.05) is 0 Å². The Kier molecular flexibility index (Phi) is 4.77. The van der Waals surface area contributed by atoms with Gasteiger partial charge in [0.05, 0.1) is 0 Å². The molecule has 2 rings (SSSR count). The van der Waals surface area contributed by atoms with Gasteiger partial charge in [-0.1, -0.05) is 6.07 Å². The summed E-state index contributed by atoms with van der Waals surface area (Å²) in [5.74, 6) is 0. The summed E-state index contributed by atoms with van der Waals surface area (Å²) in [4.78, 5) is 2.36. The number of hydrogen-bond acceptors (Lipinski definition) is 2. The summed E-state index contributed by atoms with van der Waals surface area (Å²) in [5, 5.41) is 7.42. The van der Waals surface area contributed by atoms with Crippen LogP contribution in [0.3, 0.4) is 0 Å². The minimum absolute atomic E-state index is 0.503. The fraction of sp³-hybridized carbons (Fsp3) is 0.533. The SMILES string of the molecule is Cc1ccc(NC(=S)NC2CCN(C)CC2)cc1C. The van der Waals surface area contributed by atoms with Gasteiger partial charge in [-0.25, -0.2) is 0 Å². The number of piperidine rings is 1. The van der Waals surface area contributed by atoms with Crippen LogP contribution in [0.5, 0.6) is 0 Å². The molecule has 1 aliphatic heterocycles. The predicted octanol–water partition coefficient (Wildman–Crippen LogP) is 2.68. The summed E-state index contributed by atoms with van der Waals surface area (Å²) >= 11 is 5.39. The molecule has 3 nitrogen and oxygen atoms in total. The van der Waals surface area contributed by atoms with Crippen molar-refractivity contribution in [2.45, 2.75) is 32.7 Å². The molecule has 19 heavy (non-hydrogen) atoms. The van der Waals surface area contributed by atoms with Crippen LogP contribution < -0.4 is 10.6 Å². The van der Waals surface area contributed by atoms with E-state index in [-0.39, 0.29) is 0 Å². The normalized spacial score (nSPS) is 17.2. The van der Waals surface area contributed by atoms with E-state index in [0.717, 1.165) is 36.7 Å². The van der Waals surface area contributed by atoms with Crippen LogP contribution in [0.1, 0.15) is 24.0 Å². The number of thiocarbonyl (C=S) groups is 1. The average molecular weight is 277 g/mol. The minimum atomic E-state index is 0.503. The summed E-state index contributed by atoms with van der Waals surface area (Å²) < 4.78 is 0. The molecule has 0 bridgehead atoms. The maximum absolute atomic E-state index is 5.39. The van der Waals surface area contributed by atoms with Crippen LogP contribution in [0.4, 0.5) is 5.69 Å². The van der Waals surface area contributed by atoms with Gasteiger partial charge in [0.15, 0.2) is 5.11 Å². The third-order valence-electron chi connectivity index (χ3n) is 3.82. The molecule has 4 heteroatoms. The number of hydrogen-bond donors (Lipinski definition) is 2. The zero-order valence-electron chi connectivity index (χ0n) is 12.0. The maximum atomic E-state index is 5.39. The van der Waals surface area contributed by atoms with Crippen LogP contribution in [0, 0.1) is 13.8 Å². The molecular formula is C15H23N3S. The Hall–Kier alpha value is -1.13. The Morgan fingerprint density at radius 3 is 2.53 bits per heavy atom. The molecule has 1 aromatic rings. The molecule has 0 atom stereocenters. The van der Waals surface area contributed by atoms with Crippen molar-refractivity contribution >= 4 is 23.0 Å². The van der Waals surface area contributed by atoms with Crippen LogP contribution in [-0.4, -0.2) is 36.2 Å². The fourth-order valence-electron chi connectivity index (χ4n) is 2.32. The standard InChI is InChI=1S/C15H23N3S/c1-11-4-5-14(10-12(11)2)17-15(19)16-13-6-8-18(3)9-7-13/h4-5,10,13H,6-9H2,1-3H3,(H2,16,17,19). The molecule has 2 N–H and O–H groups in total. The van der Waals surface area contributed by atoms with Crippen molar-refractivity contribution in [3.63, 3.8) is 0 Å². The van der Waals surface area contributed by atoms with Gasteiger partial charge in [-0.3, -0.25) is 0 Å². The summed E-state index contributed by atoms with van der Waals surface area (Å²) in [5.41, 5.74) is 3.65. The first kappa shape index (κ1) is 14.3. The number of anilines is 1. The largest absolute Gasteiger partial charge is 0.360 e. The first-order valence-corrected chi connectivity index (χ1v) is 7.29. The van der Waals surface area contributed by atoms with Gasteiger partial charge in [0, 0.05) is 11.7 Å². The van der Waals surface area contributed by atoms with E-state index in [0.29, 0.717) is 6.04 Å². The van der Waals surface area contributed by atoms with Crippen LogP contribution in [-0.2, 0) is 0 Å². The first-order valence-electron chi connectivity index (χ1n) is 6.88. The summed E-state index contributed by atoms with van der Waals surface area (Å²) in [6.45, 7) is 6.52. The second-order valence-electron chi connectivity index (χ2n) is 5.48. The number of aryl methyl sites for hydroxylation is 2. The minimum Gasteiger partial charge on any atom is -0.360 e. The van der Waals surface area contributed by atoms with Gasteiger partial charge in [-0.05, 0) is 82.3 Å². The van der Waals surface area contributed by atoms with Gasteiger partial charge in [-0.15, -0.1) is 0 Å². The van der Waals surface area contributed by atoms with Gasteiger partial charge in [0.2, 0.25) is 0 Å². The molecule has 1 aromatic carbocycles. The summed E-state index contributed by atoms with van der Waals surface area (Å²) in [6.07, 6.45) is 2.32. The van der Waals surface area contributed by atoms with Crippen molar-refractivity contribution in [3.8, 4) is 0 Å². The molecular weight excluding hydrogens is 254 g/mol. The van der Waals surface area contributed by atoms with E-state index in [1.54, 1.807) is 0 Å². The highest BCUT2D eigenvalue weighted by atomic mass is 32.1. The molecule has 0 aromatic heterocycles. The van der Waals surface area contributed by atoms with E-state index in [4.69, 9.17) is 12.2 Å². The third kappa shape index (κ3) is 4.18. The molecule has 0 unspecified atom stereocenters. The average Bonchev–Trinajstić information content (AvgIpc) is 2.37. The molecule has 0 aliphatic carbocycles. The smallest absolute Gasteiger partial charge is 0.170 e. The lowest BCUT2D eigenvalue weighted by Crippen LogP contribution is -2.44. The summed E-state index contributed by atoms with van der Waals surface area (Å²) in [7, 11) is 2.17. The zero-order chi connectivity index (χ0) is 13.8. The molecule has 1 heterocycles. The molecule has 0 spiro atoms. The molecule has 104 valence electrons. The van der Waals surface area contributed by atoms with E-state index in [9.17, 15) is 0 Å². The number of nitrogens with one attached hydrogen (secondary N) is 2. The number of nitrogens with zero attached hydrogens (tertiary/aromatic N) is 1. The highest BCUT2D eigenvalue weighted by molar-refractivity contribution is 7.80. The Labute approximate surface area is 121 Å². The van der Waals surface area contributed by atoms with E-state index in [2.05, 4.69) is 54.6 Å². The van der Waals surface area contributed by atoms with Crippen molar-refractivity contribution in [2.24, 2.45) is 0 Å². The van der Waals surface area contributed by atoms with Gasteiger partial charge < -0.3 is 15.5 Å². The molecule has 1 fully saturated rings. The molecule has 0 saturated carbocycles. The molecule has 0 amide bonds. The lowest BCUT2D eigenvalue weighted by atomic mass is 10.1. The second kappa shape index (κ2) is 6.35. The van der Waals surface area contributed by atoms with Gasteiger partial charge in [0.25, 0.3) is 0 Å². The van der Waals surface area contributed by atoms with E-state index >= 15 is 0 Å². The number of rotatable bonds is 2. The van der Waals surface area contributed by atoms with Crippen molar-refractivity contribution in [2.75, 3.05) is 25.5 Å². The van der Waals surface area contributed by atoms with E-state index < -0.39 is 0 Å². The Morgan fingerprint density at radius 2 is 1.89 bits per heavy atom. The highest BCUT2D eigenvalue weighted by Gasteiger charge is 2.16. The van der Waals surface area contributed by atoms with Crippen LogP contribution in [0.25, 0.3) is 0 Å². The Morgan fingerprint density at radius 1 is 1.21 bits per heavy atom. The van der Waals surface area contributed by atoms with Crippen molar-refractivity contribution in [3.05, 3.63) is 29.3 Å². The van der Waals surface area contributed by atoms with Crippen molar-refractivity contribution in [1.82, 2.24) is 10.2 Å². The van der Waals surface area contributed by atoms with Crippen molar-refractivity contribution < 1.29 is 0 Å². The Balaban J connectivity index is 1.85. The highest BCUT2D eigenvalue weighted by Crippen LogP contribution is 2.14. The molecule has 1 saturated heterocycles. The lowest BCUT2D eigenvalue weighted by molar-refractivity contribution is 0.247. The van der Waals surface area contributed by atoms with Crippen LogP contribution in [0.15, 0.2) is 18.2 Å². The van der Waals surface area contributed by atoms with E-state index in [1.165, 1.54) is 11.1 Å². The maximum Gasteiger partial charge on any atom is 0.170 e. The monoisotopic (exact) mass is 277 g/mol. The van der Waals surface area contributed by atoms with Crippen LogP contribution >= 0.6 is 12.2 Å². The quantitative estimate of drug-likeness (QED) is 0.813. The van der Waals surface area contributed by atoms with Crippen LogP contribution in [0.2, 0.25) is 0 Å². The zero-order valence-corrected chi connectivity index (χ0v) is 12.8. The second-order valence-corrected chi connectivity index (χ2v) is 5.88. The fourth-order valence-corrected chi connectivity index (χ4v) is 2.61. The van der Waals surface area contributed by atoms with Gasteiger partial charge in [0.1, 0.15) is 0 Å². The third-order valence-corrected chi connectivity index (χ3v) is 4.04. The van der Waals surface area contributed by atoms with Gasteiger partial charge in [-0.2, -0.15) is 0 Å². The van der Waals surface area contributed by atoms with Gasteiger partial charge >= 0.3 is 0 Å².